The first kappa shape index (κ1) is 17.9. The molecule has 0 atom stereocenters. The van der Waals surface area contributed by atoms with Gasteiger partial charge in [0.1, 0.15) is 0 Å². The molecule has 0 aliphatic rings. The Balaban J connectivity index is 0.000000541. The molecule has 0 saturated carbocycles. The lowest BCUT2D eigenvalue weighted by atomic mass is 10.1. The van der Waals surface area contributed by atoms with Gasteiger partial charge in [-0.15, -0.1) is 0 Å². The number of hydrogen-bond acceptors (Lipinski definition) is 3. The normalized spacial score (nSPS) is 10.0. The van der Waals surface area contributed by atoms with Crippen molar-refractivity contribution < 1.29 is 15.0 Å². The number of aromatic nitrogens is 1. The fourth-order valence-corrected chi connectivity index (χ4v) is 2.36. The van der Waals surface area contributed by atoms with Gasteiger partial charge in [0.05, 0.1) is 13.0 Å². The van der Waals surface area contributed by atoms with E-state index in [1.165, 1.54) is 5.56 Å². The summed E-state index contributed by atoms with van der Waals surface area (Å²) in [6.45, 7) is 6.51. The summed E-state index contributed by atoms with van der Waals surface area (Å²) in [6, 6.07) is 10.1. The van der Waals surface area contributed by atoms with Crippen LogP contribution < -0.4 is 5.73 Å². The highest BCUT2D eigenvalue weighted by Crippen LogP contribution is 2.23. The lowest BCUT2D eigenvalue weighted by molar-refractivity contribution is -0.136. The van der Waals surface area contributed by atoms with Gasteiger partial charge in [0, 0.05) is 23.6 Å². The topological polar surface area (TPSA) is 88.5 Å². The fraction of sp³-hybridized carbons (Fsp3) is 0.353. The van der Waals surface area contributed by atoms with Crippen molar-refractivity contribution in [2.45, 2.75) is 27.2 Å². The summed E-state index contributed by atoms with van der Waals surface area (Å²) in [5, 5.41) is 16.7. The maximum Gasteiger partial charge on any atom is 0.307 e. The van der Waals surface area contributed by atoms with Crippen LogP contribution in [0.4, 0.5) is 0 Å². The molecule has 5 heteroatoms. The minimum atomic E-state index is -0.792. The van der Waals surface area contributed by atoms with Crippen LogP contribution in [0.2, 0.25) is 0 Å². The number of carboxylic acids is 1. The Hall–Kier alpha value is -2.11. The second-order valence-corrected chi connectivity index (χ2v) is 5.10. The molecule has 0 spiro atoms. The Morgan fingerprint density at radius 1 is 1.23 bits per heavy atom. The third-order valence-electron chi connectivity index (χ3n) is 3.36. The zero-order chi connectivity index (χ0) is 16.7. The summed E-state index contributed by atoms with van der Waals surface area (Å²) in [5.41, 5.74) is 10.0. The van der Waals surface area contributed by atoms with E-state index in [4.69, 9.17) is 15.9 Å². The quantitative estimate of drug-likeness (QED) is 0.805. The number of aliphatic carboxylic acids is 1. The van der Waals surface area contributed by atoms with Crippen molar-refractivity contribution in [1.82, 2.24) is 4.57 Å². The zero-order valence-corrected chi connectivity index (χ0v) is 13.3. The largest absolute Gasteiger partial charge is 0.481 e. The standard InChI is InChI=1S/C15H17NO2.C2H7NO/c1-10-6-4-5-7-14(10)16-11(2)8-13(12(16)3)9-15(17)18;3-1-2-4/h4-8H,9H2,1-3H3,(H,17,18);4H,1-3H2. The predicted molar refractivity (Wildman–Crippen MR) is 87.5 cm³/mol. The second kappa shape index (κ2) is 8.36. The molecule has 2 rings (SSSR count). The summed E-state index contributed by atoms with van der Waals surface area (Å²) < 4.78 is 2.12. The first-order chi connectivity index (χ1) is 10.4. The van der Waals surface area contributed by atoms with Gasteiger partial charge in [-0.2, -0.15) is 0 Å². The van der Waals surface area contributed by atoms with Crippen molar-refractivity contribution in [1.29, 1.82) is 0 Å². The zero-order valence-electron chi connectivity index (χ0n) is 13.3. The highest BCUT2D eigenvalue weighted by atomic mass is 16.4. The van der Waals surface area contributed by atoms with Crippen LogP contribution in [0.5, 0.6) is 0 Å². The average Bonchev–Trinajstić information content (AvgIpc) is 2.74. The Morgan fingerprint density at radius 3 is 2.32 bits per heavy atom. The number of aliphatic hydroxyl groups excluding tert-OH is 1. The van der Waals surface area contributed by atoms with Crippen molar-refractivity contribution in [3.63, 3.8) is 0 Å². The van der Waals surface area contributed by atoms with E-state index in [9.17, 15) is 4.79 Å². The fourth-order valence-electron chi connectivity index (χ4n) is 2.36. The van der Waals surface area contributed by atoms with Gasteiger partial charge in [0.2, 0.25) is 0 Å². The van der Waals surface area contributed by atoms with Crippen LogP contribution in [0.25, 0.3) is 5.69 Å². The van der Waals surface area contributed by atoms with E-state index in [-0.39, 0.29) is 13.0 Å². The van der Waals surface area contributed by atoms with Crippen LogP contribution in [0, 0.1) is 20.8 Å². The molecule has 1 aromatic heterocycles. The van der Waals surface area contributed by atoms with Crippen molar-refractivity contribution >= 4 is 5.97 Å². The number of aryl methyl sites for hydroxylation is 2. The van der Waals surface area contributed by atoms with Gasteiger partial charge in [-0.25, -0.2) is 0 Å². The van der Waals surface area contributed by atoms with Crippen LogP contribution in [0.3, 0.4) is 0 Å². The number of nitrogens with zero attached hydrogens (tertiary/aromatic N) is 1. The minimum Gasteiger partial charge on any atom is -0.481 e. The van der Waals surface area contributed by atoms with Crippen molar-refractivity contribution in [2.24, 2.45) is 5.73 Å². The molecule has 0 amide bonds. The number of benzene rings is 1. The molecule has 4 N–H and O–H groups in total. The summed E-state index contributed by atoms with van der Waals surface area (Å²) in [5.74, 6) is -0.792. The Kier molecular flexibility index (Phi) is 6.82. The molecule has 2 aromatic rings. The van der Waals surface area contributed by atoms with E-state index in [0.717, 1.165) is 22.6 Å². The summed E-state index contributed by atoms with van der Waals surface area (Å²) >= 11 is 0. The van der Waals surface area contributed by atoms with Gasteiger partial charge in [-0.3, -0.25) is 4.79 Å². The smallest absolute Gasteiger partial charge is 0.307 e. The van der Waals surface area contributed by atoms with Crippen LogP contribution in [-0.2, 0) is 11.2 Å². The van der Waals surface area contributed by atoms with Gasteiger partial charge in [-0.1, -0.05) is 18.2 Å². The second-order valence-electron chi connectivity index (χ2n) is 5.10. The van der Waals surface area contributed by atoms with Gasteiger partial charge in [-0.05, 0) is 44.0 Å². The number of carboxylic acid groups (broad SMARTS) is 1. The molecule has 0 bridgehead atoms. The highest BCUT2D eigenvalue weighted by molar-refractivity contribution is 5.71. The molecule has 0 aliphatic carbocycles. The van der Waals surface area contributed by atoms with E-state index < -0.39 is 5.97 Å². The third kappa shape index (κ3) is 4.44. The summed E-state index contributed by atoms with van der Waals surface area (Å²) in [7, 11) is 0. The number of para-hydroxylation sites is 1. The van der Waals surface area contributed by atoms with E-state index in [2.05, 4.69) is 23.6 Å². The molecule has 1 heterocycles. The molecule has 0 unspecified atom stereocenters. The van der Waals surface area contributed by atoms with Crippen LogP contribution >= 0.6 is 0 Å². The maximum atomic E-state index is 10.8. The van der Waals surface area contributed by atoms with Crippen molar-refractivity contribution in [3.05, 3.63) is 52.8 Å². The lowest BCUT2D eigenvalue weighted by Gasteiger charge is -2.12. The average molecular weight is 304 g/mol. The molecule has 0 saturated heterocycles. The number of nitrogens with two attached hydrogens (primary N) is 1. The number of hydrogen-bond donors (Lipinski definition) is 3. The molecule has 22 heavy (non-hydrogen) atoms. The predicted octanol–water partition coefficient (Wildman–Crippen LogP) is 1.97. The highest BCUT2D eigenvalue weighted by Gasteiger charge is 2.13. The van der Waals surface area contributed by atoms with Crippen LogP contribution in [-0.4, -0.2) is 33.9 Å². The molecule has 0 fully saturated rings. The van der Waals surface area contributed by atoms with Gasteiger partial charge < -0.3 is 20.5 Å². The van der Waals surface area contributed by atoms with Crippen LogP contribution in [0.1, 0.15) is 22.5 Å². The molecule has 1 aromatic carbocycles. The number of rotatable bonds is 4. The minimum absolute atomic E-state index is 0.0750. The maximum absolute atomic E-state index is 10.8. The molecule has 0 aliphatic heterocycles. The molecular formula is C17H24N2O3. The number of carbonyl (C=O) groups is 1. The van der Waals surface area contributed by atoms with Crippen LogP contribution in [0.15, 0.2) is 30.3 Å². The third-order valence-corrected chi connectivity index (χ3v) is 3.36. The van der Waals surface area contributed by atoms with E-state index in [0.29, 0.717) is 6.54 Å². The van der Waals surface area contributed by atoms with Gasteiger partial charge >= 0.3 is 5.97 Å². The number of aliphatic hydroxyl groups is 1. The SMILES string of the molecule is Cc1ccccc1-n1c(C)cc(CC(=O)O)c1C.NCCO. The molecule has 120 valence electrons. The molecule has 0 radical (unpaired) electrons. The lowest BCUT2D eigenvalue weighted by Crippen LogP contribution is -2.04. The first-order valence-electron chi connectivity index (χ1n) is 7.18. The van der Waals surface area contributed by atoms with E-state index in [1.807, 2.05) is 32.0 Å². The first-order valence-corrected chi connectivity index (χ1v) is 7.18. The molecule has 5 nitrogen and oxygen atoms in total. The van der Waals surface area contributed by atoms with E-state index >= 15 is 0 Å². The summed E-state index contributed by atoms with van der Waals surface area (Å²) in [4.78, 5) is 10.8. The van der Waals surface area contributed by atoms with Crippen molar-refractivity contribution in [2.75, 3.05) is 13.2 Å². The van der Waals surface area contributed by atoms with Gasteiger partial charge in [0.25, 0.3) is 0 Å². The van der Waals surface area contributed by atoms with Gasteiger partial charge in [0.15, 0.2) is 0 Å². The Morgan fingerprint density at radius 2 is 1.82 bits per heavy atom. The monoisotopic (exact) mass is 304 g/mol. The Bertz CT molecular complexity index is 631. The van der Waals surface area contributed by atoms with E-state index in [1.54, 1.807) is 0 Å². The Labute approximate surface area is 131 Å². The summed E-state index contributed by atoms with van der Waals surface area (Å²) in [6.07, 6.45) is 0.0750. The van der Waals surface area contributed by atoms with Crippen molar-refractivity contribution in [3.8, 4) is 5.69 Å². The molecular weight excluding hydrogens is 280 g/mol.